The summed E-state index contributed by atoms with van der Waals surface area (Å²) in [4.78, 5) is 40.0. The molecule has 0 aromatic carbocycles. The predicted molar refractivity (Wildman–Crippen MR) is 312 cm³/mol. The largest absolute Gasteiger partial charge is 0.756 e. The number of allylic oxidation sites excluding steroid dienone is 5. The minimum atomic E-state index is -4.69. The molecular formula is C63H121N2O7P. The molecule has 0 heterocycles. The van der Waals surface area contributed by atoms with Crippen LogP contribution in [-0.4, -0.2) is 69.4 Å². The molecule has 0 fully saturated rings. The third-order valence-electron chi connectivity index (χ3n) is 14.1. The van der Waals surface area contributed by atoms with Gasteiger partial charge in [-0.05, 0) is 63.9 Å². The van der Waals surface area contributed by atoms with Crippen molar-refractivity contribution in [3.8, 4) is 0 Å². The number of nitrogens with one attached hydrogen (secondary N) is 1. The Bertz CT molecular complexity index is 1350. The van der Waals surface area contributed by atoms with E-state index in [0.29, 0.717) is 17.4 Å². The van der Waals surface area contributed by atoms with Crippen LogP contribution in [-0.2, 0) is 27.9 Å². The summed E-state index contributed by atoms with van der Waals surface area (Å²) >= 11 is 0. The van der Waals surface area contributed by atoms with Crippen molar-refractivity contribution in [3.05, 3.63) is 36.5 Å². The highest BCUT2D eigenvalue weighted by Crippen LogP contribution is 2.38. The summed E-state index contributed by atoms with van der Waals surface area (Å²) in [5.74, 6) is -0.533. The van der Waals surface area contributed by atoms with E-state index in [1.807, 2.05) is 33.3 Å². The Hall–Kier alpha value is -1.77. The Morgan fingerprint density at radius 2 is 0.836 bits per heavy atom. The molecule has 1 amide bonds. The van der Waals surface area contributed by atoms with Gasteiger partial charge in [0.25, 0.3) is 7.82 Å². The fourth-order valence-corrected chi connectivity index (χ4v) is 9.92. The molecule has 0 aliphatic rings. The van der Waals surface area contributed by atoms with Gasteiger partial charge in [0.1, 0.15) is 19.3 Å². The minimum absolute atomic E-state index is 0.0209. The van der Waals surface area contributed by atoms with E-state index >= 15 is 0 Å². The van der Waals surface area contributed by atoms with Crippen LogP contribution < -0.4 is 10.2 Å². The SMILES string of the molecule is CCCCC/C=C\C/C=C\CCCCCCCCCCCC(=O)NC(COP(=O)([O-])OCC[N+](C)(C)C)C(/C=C/CCCCCCCCCCC)OC(=O)CCCCCCCCCCCCCCCCCCC. The van der Waals surface area contributed by atoms with E-state index in [0.717, 1.165) is 77.0 Å². The first kappa shape index (κ1) is 71.2. The number of hydrogen-bond donors (Lipinski definition) is 1. The van der Waals surface area contributed by atoms with Crippen molar-refractivity contribution in [1.29, 1.82) is 0 Å². The fourth-order valence-electron chi connectivity index (χ4n) is 9.20. The van der Waals surface area contributed by atoms with E-state index in [4.69, 9.17) is 13.8 Å². The highest BCUT2D eigenvalue weighted by atomic mass is 31.2. The molecular weight excluding hydrogens is 928 g/mol. The van der Waals surface area contributed by atoms with Crippen molar-refractivity contribution < 1.29 is 37.3 Å². The number of hydrogen-bond acceptors (Lipinski definition) is 7. The number of phosphoric ester groups is 1. The van der Waals surface area contributed by atoms with Gasteiger partial charge in [-0.25, -0.2) is 0 Å². The van der Waals surface area contributed by atoms with Gasteiger partial charge in [0.2, 0.25) is 5.91 Å². The quantitative estimate of drug-likeness (QED) is 0.0212. The molecule has 0 aliphatic heterocycles. The Morgan fingerprint density at radius 3 is 1.26 bits per heavy atom. The van der Waals surface area contributed by atoms with E-state index < -0.39 is 20.0 Å². The van der Waals surface area contributed by atoms with Crippen LogP contribution >= 0.6 is 7.82 Å². The Balaban J connectivity index is 5.19. The number of carbonyl (C=O) groups excluding carboxylic acids is 2. The number of rotatable bonds is 57. The van der Waals surface area contributed by atoms with Gasteiger partial charge in [0.15, 0.2) is 0 Å². The van der Waals surface area contributed by atoms with E-state index in [9.17, 15) is 19.0 Å². The number of esters is 1. The highest BCUT2D eigenvalue weighted by molar-refractivity contribution is 7.45. The smallest absolute Gasteiger partial charge is 0.306 e. The lowest BCUT2D eigenvalue weighted by Crippen LogP contribution is -2.47. The maximum atomic E-state index is 13.5. The molecule has 0 bridgehead atoms. The van der Waals surface area contributed by atoms with Crippen molar-refractivity contribution in [3.63, 3.8) is 0 Å². The van der Waals surface area contributed by atoms with Crippen molar-refractivity contribution in [2.75, 3.05) is 40.9 Å². The topological polar surface area (TPSA) is 114 Å². The molecule has 0 aromatic rings. The van der Waals surface area contributed by atoms with Crippen LogP contribution in [0.5, 0.6) is 0 Å². The third-order valence-corrected chi connectivity index (χ3v) is 15.0. The highest BCUT2D eigenvalue weighted by Gasteiger charge is 2.27. The Morgan fingerprint density at radius 1 is 0.479 bits per heavy atom. The summed E-state index contributed by atoms with van der Waals surface area (Å²) in [5.41, 5.74) is 0. The first-order valence-electron chi connectivity index (χ1n) is 31.3. The van der Waals surface area contributed by atoms with Crippen LogP contribution in [0.4, 0.5) is 0 Å². The molecule has 0 aliphatic carbocycles. The van der Waals surface area contributed by atoms with Crippen LogP contribution in [0.1, 0.15) is 303 Å². The Labute approximate surface area is 453 Å². The van der Waals surface area contributed by atoms with Gasteiger partial charge in [-0.2, -0.15) is 0 Å². The summed E-state index contributed by atoms with van der Waals surface area (Å²) in [7, 11) is 1.19. The predicted octanol–water partition coefficient (Wildman–Crippen LogP) is 18.5. The molecule has 0 radical (unpaired) electrons. The molecule has 0 saturated carbocycles. The first-order valence-corrected chi connectivity index (χ1v) is 32.8. The zero-order valence-corrected chi connectivity index (χ0v) is 50.0. The van der Waals surface area contributed by atoms with Crippen molar-refractivity contribution in [1.82, 2.24) is 5.32 Å². The van der Waals surface area contributed by atoms with Crippen molar-refractivity contribution in [2.45, 2.75) is 315 Å². The van der Waals surface area contributed by atoms with E-state index in [-0.39, 0.29) is 31.5 Å². The van der Waals surface area contributed by atoms with Crippen LogP contribution in [0.2, 0.25) is 0 Å². The maximum absolute atomic E-state index is 13.5. The fraction of sp³-hybridized carbons (Fsp3) is 0.873. The molecule has 0 aromatic heterocycles. The monoisotopic (exact) mass is 1050 g/mol. The zero-order chi connectivity index (χ0) is 53.6. The normalized spacial score (nSPS) is 13.9. The number of quaternary nitrogens is 1. The number of amides is 1. The number of likely N-dealkylation sites (N-methyl/N-ethyl adjacent to an activating group) is 1. The van der Waals surface area contributed by atoms with E-state index in [1.54, 1.807) is 0 Å². The molecule has 0 rings (SSSR count). The lowest BCUT2D eigenvalue weighted by molar-refractivity contribution is -0.870. The average Bonchev–Trinajstić information content (AvgIpc) is 3.35. The van der Waals surface area contributed by atoms with Crippen LogP contribution in [0, 0.1) is 0 Å². The first-order chi connectivity index (χ1) is 35.4. The molecule has 1 N–H and O–H groups in total. The number of unbranched alkanes of at least 4 members (excludes halogenated alkanes) is 37. The molecule has 73 heavy (non-hydrogen) atoms. The summed E-state index contributed by atoms with van der Waals surface area (Å²) in [6, 6.07) is -0.886. The number of phosphoric acid groups is 1. The average molecular weight is 1050 g/mol. The van der Waals surface area contributed by atoms with Crippen LogP contribution in [0.3, 0.4) is 0 Å². The van der Waals surface area contributed by atoms with Crippen LogP contribution in [0.15, 0.2) is 36.5 Å². The Kier molecular flexibility index (Phi) is 52.3. The van der Waals surface area contributed by atoms with Gasteiger partial charge in [-0.1, -0.05) is 263 Å². The zero-order valence-electron chi connectivity index (χ0n) is 49.1. The van der Waals surface area contributed by atoms with Crippen molar-refractivity contribution >= 4 is 19.7 Å². The van der Waals surface area contributed by atoms with Gasteiger partial charge in [-0.15, -0.1) is 0 Å². The molecule has 9 nitrogen and oxygen atoms in total. The van der Waals surface area contributed by atoms with Gasteiger partial charge in [0, 0.05) is 12.8 Å². The van der Waals surface area contributed by atoms with Crippen molar-refractivity contribution in [2.24, 2.45) is 0 Å². The lowest BCUT2D eigenvalue weighted by Gasteiger charge is -2.30. The number of carbonyl (C=O) groups is 2. The molecule has 430 valence electrons. The van der Waals surface area contributed by atoms with Gasteiger partial charge < -0.3 is 28.5 Å². The molecule has 0 spiro atoms. The van der Waals surface area contributed by atoms with E-state index in [2.05, 4.69) is 50.4 Å². The lowest BCUT2D eigenvalue weighted by atomic mass is 10.0. The van der Waals surface area contributed by atoms with Gasteiger partial charge in [-0.3, -0.25) is 14.2 Å². The van der Waals surface area contributed by atoms with Crippen LogP contribution in [0.25, 0.3) is 0 Å². The second-order valence-electron chi connectivity index (χ2n) is 22.6. The standard InChI is InChI=1S/C63H121N2O7P/c1-7-10-13-16-19-22-25-27-29-31-32-34-35-37-40-43-46-49-52-55-62(66)64-60(59-71-73(68,69)70-58-57-65(4,5)6)61(54-51-48-45-42-39-24-21-18-15-12-9-3)72-63(67)56-53-50-47-44-41-38-36-33-30-28-26-23-20-17-14-11-8-2/h19,22,27,29,51,54,60-61H,7-18,20-21,23-26,28,30-50,52-53,55-59H2,1-6H3,(H-,64,66,68,69)/b22-19-,29-27-,54-51+. The van der Waals surface area contributed by atoms with Gasteiger partial charge in [0.05, 0.1) is 33.8 Å². The second kappa shape index (κ2) is 53.6. The summed E-state index contributed by atoms with van der Waals surface area (Å²) < 4.78 is 30.3. The summed E-state index contributed by atoms with van der Waals surface area (Å²) in [6.45, 7) is 6.84. The molecule has 3 unspecified atom stereocenters. The molecule has 0 saturated heterocycles. The second-order valence-corrected chi connectivity index (χ2v) is 24.0. The maximum Gasteiger partial charge on any atom is 0.306 e. The van der Waals surface area contributed by atoms with E-state index in [1.165, 1.54) is 193 Å². The minimum Gasteiger partial charge on any atom is -0.756 e. The molecule has 3 atom stereocenters. The summed E-state index contributed by atoms with van der Waals surface area (Å²) in [5, 5.41) is 3.03. The molecule has 10 heteroatoms. The number of ether oxygens (including phenoxy) is 1. The number of nitrogens with zero attached hydrogens (tertiary/aromatic N) is 1. The summed E-state index contributed by atoms with van der Waals surface area (Å²) in [6.07, 6.45) is 63.9. The third kappa shape index (κ3) is 54.8. The van der Waals surface area contributed by atoms with Gasteiger partial charge >= 0.3 is 5.97 Å².